The SMILES string of the molecule is CNC(=O)c1cccc(C(=O)Nc2ccc(NC(=O)Nc3ccc(I)c(C(F)(F)F)c3)cc2)c1. The molecule has 0 aliphatic heterocycles. The van der Waals surface area contributed by atoms with Crippen LogP contribution in [0.2, 0.25) is 0 Å². The molecule has 0 unspecified atom stereocenters. The van der Waals surface area contributed by atoms with Gasteiger partial charge in [0.1, 0.15) is 0 Å². The Morgan fingerprint density at radius 1 is 0.735 bits per heavy atom. The summed E-state index contributed by atoms with van der Waals surface area (Å²) < 4.78 is 39.1. The summed E-state index contributed by atoms with van der Waals surface area (Å²) in [6, 6.07) is 15.1. The zero-order valence-corrected chi connectivity index (χ0v) is 19.7. The Balaban J connectivity index is 1.61. The van der Waals surface area contributed by atoms with Crippen LogP contribution >= 0.6 is 22.6 Å². The predicted molar refractivity (Wildman–Crippen MR) is 131 cm³/mol. The van der Waals surface area contributed by atoms with Crippen molar-refractivity contribution in [1.29, 1.82) is 0 Å². The molecular formula is C23H18F3IN4O3. The summed E-state index contributed by atoms with van der Waals surface area (Å²) in [6.07, 6.45) is -4.53. The van der Waals surface area contributed by atoms with Crippen molar-refractivity contribution in [1.82, 2.24) is 5.32 Å². The predicted octanol–water partition coefficient (Wildman–Crippen LogP) is 5.57. The van der Waals surface area contributed by atoms with Gasteiger partial charge in [-0.15, -0.1) is 0 Å². The maximum atomic E-state index is 13.0. The molecule has 0 aromatic heterocycles. The molecule has 0 spiro atoms. The highest BCUT2D eigenvalue weighted by Crippen LogP contribution is 2.34. The molecule has 0 aliphatic rings. The summed E-state index contributed by atoms with van der Waals surface area (Å²) >= 11 is 1.58. The minimum Gasteiger partial charge on any atom is -0.355 e. The lowest BCUT2D eigenvalue weighted by Crippen LogP contribution is -2.20. The Morgan fingerprint density at radius 2 is 1.26 bits per heavy atom. The Hall–Kier alpha value is -3.61. The van der Waals surface area contributed by atoms with Crippen LogP contribution in [0.1, 0.15) is 26.3 Å². The van der Waals surface area contributed by atoms with Gasteiger partial charge in [-0.3, -0.25) is 9.59 Å². The number of nitrogens with one attached hydrogen (secondary N) is 4. The molecule has 4 amide bonds. The van der Waals surface area contributed by atoms with Gasteiger partial charge >= 0.3 is 12.2 Å². The molecule has 0 bridgehead atoms. The van der Waals surface area contributed by atoms with Gasteiger partial charge in [0.05, 0.1) is 5.56 Å². The topological polar surface area (TPSA) is 99.3 Å². The van der Waals surface area contributed by atoms with Gasteiger partial charge in [-0.2, -0.15) is 13.2 Å². The zero-order chi connectivity index (χ0) is 24.9. The third kappa shape index (κ3) is 6.47. The van der Waals surface area contributed by atoms with E-state index in [0.29, 0.717) is 22.5 Å². The van der Waals surface area contributed by atoms with Gasteiger partial charge < -0.3 is 21.3 Å². The molecule has 0 heterocycles. The lowest BCUT2D eigenvalue weighted by atomic mass is 10.1. The van der Waals surface area contributed by atoms with Crippen LogP contribution in [-0.2, 0) is 6.18 Å². The molecule has 3 rings (SSSR count). The number of carbonyl (C=O) groups is 3. The van der Waals surface area contributed by atoms with E-state index in [0.717, 1.165) is 6.07 Å². The van der Waals surface area contributed by atoms with Gasteiger partial charge in [-0.05, 0) is 83.3 Å². The van der Waals surface area contributed by atoms with Crippen LogP contribution in [0.4, 0.5) is 35.0 Å². The van der Waals surface area contributed by atoms with Gasteiger partial charge in [0.25, 0.3) is 11.8 Å². The van der Waals surface area contributed by atoms with Crippen molar-refractivity contribution in [3.05, 3.63) is 87.0 Å². The van der Waals surface area contributed by atoms with Gasteiger partial charge in [0.2, 0.25) is 0 Å². The van der Waals surface area contributed by atoms with Crippen molar-refractivity contribution in [2.45, 2.75) is 6.18 Å². The number of rotatable bonds is 5. The van der Waals surface area contributed by atoms with E-state index in [4.69, 9.17) is 0 Å². The van der Waals surface area contributed by atoms with Crippen LogP contribution in [0.15, 0.2) is 66.7 Å². The fourth-order valence-corrected chi connectivity index (χ4v) is 3.54. The van der Waals surface area contributed by atoms with Crippen LogP contribution in [0.3, 0.4) is 0 Å². The monoisotopic (exact) mass is 582 g/mol. The van der Waals surface area contributed by atoms with Crippen molar-refractivity contribution in [3.63, 3.8) is 0 Å². The first-order valence-electron chi connectivity index (χ1n) is 9.75. The van der Waals surface area contributed by atoms with E-state index in [9.17, 15) is 27.6 Å². The van der Waals surface area contributed by atoms with Gasteiger partial charge in [-0.25, -0.2) is 4.79 Å². The third-order valence-electron chi connectivity index (χ3n) is 4.54. The highest BCUT2D eigenvalue weighted by atomic mass is 127. The van der Waals surface area contributed by atoms with Crippen LogP contribution in [-0.4, -0.2) is 24.9 Å². The Bertz CT molecular complexity index is 1230. The highest BCUT2D eigenvalue weighted by molar-refractivity contribution is 14.1. The fraction of sp³-hybridized carbons (Fsp3) is 0.0870. The average molecular weight is 582 g/mol. The molecule has 7 nitrogen and oxygen atoms in total. The zero-order valence-electron chi connectivity index (χ0n) is 17.6. The Morgan fingerprint density at radius 3 is 1.85 bits per heavy atom. The first kappa shape index (κ1) is 25.0. The van der Waals surface area contributed by atoms with E-state index in [1.165, 1.54) is 37.4 Å². The van der Waals surface area contributed by atoms with Crippen LogP contribution in [0.25, 0.3) is 0 Å². The van der Waals surface area contributed by atoms with Crippen LogP contribution in [0, 0.1) is 3.57 Å². The van der Waals surface area contributed by atoms with E-state index >= 15 is 0 Å². The molecule has 11 heteroatoms. The van der Waals surface area contributed by atoms with Crippen molar-refractivity contribution in [2.24, 2.45) is 0 Å². The Kier molecular flexibility index (Phi) is 7.76. The molecule has 0 aliphatic carbocycles. The van der Waals surface area contributed by atoms with Gasteiger partial charge in [-0.1, -0.05) is 6.07 Å². The number of benzene rings is 3. The molecule has 0 radical (unpaired) electrons. The standard InChI is InChI=1S/C23H18F3IN4O3/c1-28-20(32)13-3-2-4-14(11-13)21(33)29-15-5-7-16(8-6-15)30-22(34)31-17-9-10-19(27)18(12-17)23(24,25)26/h2-12H,1H3,(H,28,32)(H,29,33)(H2,30,31,34). The maximum absolute atomic E-state index is 13.0. The minimum absolute atomic E-state index is 0.00638. The summed E-state index contributed by atoms with van der Waals surface area (Å²) in [7, 11) is 1.49. The summed E-state index contributed by atoms with van der Waals surface area (Å²) in [5.74, 6) is -0.744. The van der Waals surface area contributed by atoms with E-state index < -0.39 is 23.7 Å². The molecule has 0 fully saturated rings. The lowest BCUT2D eigenvalue weighted by molar-refractivity contribution is -0.138. The number of urea groups is 1. The molecule has 0 saturated heterocycles. The largest absolute Gasteiger partial charge is 0.417 e. The first-order chi connectivity index (χ1) is 16.1. The molecule has 0 saturated carbocycles. The van der Waals surface area contributed by atoms with E-state index in [1.807, 2.05) is 0 Å². The van der Waals surface area contributed by atoms with Crippen LogP contribution < -0.4 is 21.3 Å². The normalized spacial score (nSPS) is 10.9. The molecule has 176 valence electrons. The maximum Gasteiger partial charge on any atom is 0.417 e. The number of anilines is 3. The molecule has 4 N–H and O–H groups in total. The number of hydrogen-bond donors (Lipinski definition) is 4. The fourth-order valence-electron chi connectivity index (χ4n) is 2.90. The summed E-state index contributed by atoms with van der Waals surface area (Å²) in [5.41, 5.74) is 0.585. The number of alkyl halides is 3. The second-order valence-electron chi connectivity index (χ2n) is 6.96. The molecule has 3 aromatic rings. The molecule has 34 heavy (non-hydrogen) atoms. The smallest absolute Gasteiger partial charge is 0.355 e. The molecular weight excluding hydrogens is 564 g/mol. The van der Waals surface area contributed by atoms with E-state index in [2.05, 4.69) is 21.3 Å². The highest BCUT2D eigenvalue weighted by Gasteiger charge is 2.33. The number of carbonyl (C=O) groups excluding carboxylic acids is 3. The summed E-state index contributed by atoms with van der Waals surface area (Å²) in [4.78, 5) is 36.4. The van der Waals surface area contributed by atoms with Gasteiger partial charge in [0, 0.05) is 38.8 Å². The molecule has 3 aromatic carbocycles. The van der Waals surface area contributed by atoms with E-state index in [1.54, 1.807) is 52.9 Å². The first-order valence-corrected chi connectivity index (χ1v) is 10.8. The summed E-state index contributed by atoms with van der Waals surface area (Å²) in [6.45, 7) is 0. The van der Waals surface area contributed by atoms with Crippen molar-refractivity contribution >= 4 is 57.5 Å². The quantitative estimate of drug-likeness (QED) is 0.297. The van der Waals surface area contributed by atoms with E-state index in [-0.39, 0.29) is 15.2 Å². The molecule has 0 atom stereocenters. The van der Waals surface area contributed by atoms with Gasteiger partial charge in [0.15, 0.2) is 0 Å². The van der Waals surface area contributed by atoms with Crippen LogP contribution in [0.5, 0.6) is 0 Å². The Labute approximate surface area is 206 Å². The third-order valence-corrected chi connectivity index (χ3v) is 5.48. The minimum atomic E-state index is -4.53. The lowest BCUT2D eigenvalue weighted by Gasteiger charge is -2.13. The second-order valence-corrected chi connectivity index (χ2v) is 8.13. The number of halogens is 4. The average Bonchev–Trinajstić information content (AvgIpc) is 2.80. The second kappa shape index (κ2) is 10.5. The number of amides is 4. The van der Waals surface area contributed by atoms with Crippen molar-refractivity contribution in [2.75, 3.05) is 23.0 Å². The summed E-state index contributed by atoms with van der Waals surface area (Å²) in [5, 5.41) is 10.0. The van der Waals surface area contributed by atoms with Crippen molar-refractivity contribution < 1.29 is 27.6 Å². The van der Waals surface area contributed by atoms with Crippen molar-refractivity contribution in [3.8, 4) is 0 Å². The number of hydrogen-bond acceptors (Lipinski definition) is 3.